The molecule has 0 amide bonds. The molecule has 0 saturated carbocycles. The van der Waals surface area contributed by atoms with E-state index in [1.165, 1.54) is 0 Å². The Hall–Kier alpha value is -0.730. The second-order valence-corrected chi connectivity index (χ2v) is 3.15. The van der Waals surface area contributed by atoms with Crippen LogP contribution in [0.25, 0.3) is 0 Å². The van der Waals surface area contributed by atoms with E-state index < -0.39 is 0 Å². The minimum atomic E-state index is -0.135. The maximum absolute atomic E-state index is 9.40. The highest BCUT2D eigenvalue weighted by Gasteiger charge is 2.08. The van der Waals surface area contributed by atoms with Crippen LogP contribution in [0.15, 0.2) is 18.2 Å². The average molecular weight is 186 g/mol. The van der Waals surface area contributed by atoms with E-state index in [-0.39, 0.29) is 11.8 Å². The monoisotopic (exact) mass is 185 g/mol. The van der Waals surface area contributed by atoms with Crippen LogP contribution in [-0.2, 0) is 0 Å². The summed E-state index contributed by atoms with van der Waals surface area (Å²) in [5.74, 6) is 0.216. The van der Waals surface area contributed by atoms with Crippen molar-refractivity contribution in [3.05, 3.63) is 28.8 Å². The van der Waals surface area contributed by atoms with Crippen molar-refractivity contribution in [1.82, 2.24) is 0 Å². The van der Waals surface area contributed by atoms with Crippen molar-refractivity contribution in [2.24, 2.45) is 5.73 Å². The number of phenols is 1. The zero-order valence-corrected chi connectivity index (χ0v) is 7.67. The quantitative estimate of drug-likeness (QED) is 0.744. The molecular weight excluding hydrogens is 174 g/mol. The molecule has 0 radical (unpaired) electrons. The second-order valence-electron chi connectivity index (χ2n) is 2.72. The summed E-state index contributed by atoms with van der Waals surface area (Å²) >= 11 is 5.75. The van der Waals surface area contributed by atoms with Crippen LogP contribution >= 0.6 is 11.6 Å². The fourth-order valence-electron chi connectivity index (χ4n) is 1.04. The summed E-state index contributed by atoms with van der Waals surface area (Å²) in [6, 6.07) is 4.77. The van der Waals surface area contributed by atoms with Crippen molar-refractivity contribution in [2.75, 3.05) is 0 Å². The van der Waals surface area contributed by atoms with Gasteiger partial charge in [0.15, 0.2) is 0 Å². The van der Waals surface area contributed by atoms with Gasteiger partial charge in [0.2, 0.25) is 0 Å². The van der Waals surface area contributed by atoms with Gasteiger partial charge in [-0.2, -0.15) is 0 Å². The number of rotatable bonds is 2. The molecule has 1 aromatic rings. The van der Waals surface area contributed by atoms with Crippen LogP contribution in [0, 0.1) is 0 Å². The number of nitrogens with two attached hydrogens (primary N) is 1. The number of phenolic OH excluding ortho intramolecular Hbond substituents is 1. The van der Waals surface area contributed by atoms with E-state index in [1.54, 1.807) is 18.2 Å². The summed E-state index contributed by atoms with van der Waals surface area (Å²) in [5, 5.41) is 10.0. The van der Waals surface area contributed by atoms with E-state index in [1.807, 2.05) is 6.92 Å². The maximum atomic E-state index is 9.40. The molecule has 0 spiro atoms. The van der Waals surface area contributed by atoms with Gasteiger partial charge in [-0.15, -0.1) is 0 Å². The van der Waals surface area contributed by atoms with Crippen LogP contribution in [0.3, 0.4) is 0 Å². The molecule has 0 bridgehead atoms. The first kappa shape index (κ1) is 9.36. The molecule has 66 valence electrons. The molecule has 0 aromatic heterocycles. The van der Waals surface area contributed by atoms with Gasteiger partial charge >= 0.3 is 0 Å². The van der Waals surface area contributed by atoms with Gasteiger partial charge in [-0.1, -0.05) is 18.5 Å². The molecule has 1 aromatic carbocycles. The van der Waals surface area contributed by atoms with Gasteiger partial charge in [0.05, 0.1) is 0 Å². The summed E-state index contributed by atoms with van der Waals surface area (Å²) < 4.78 is 0. The van der Waals surface area contributed by atoms with E-state index in [9.17, 15) is 5.11 Å². The minimum absolute atomic E-state index is 0.135. The highest BCUT2D eigenvalue weighted by molar-refractivity contribution is 6.30. The Bertz CT molecular complexity index is 275. The molecule has 0 heterocycles. The van der Waals surface area contributed by atoms with E-state index >= 15 is 0 Å². The summed E-state index contributed by atoms with van der Waals surface area (Å²) in [6.07, 6.45) is 0.786. The lowest BCUT2D eigenvalue weighted by molar-refractivity contribution is 0.460. The lowest BCUT2D eigenvalue weighted by atomic mass is 10.0. The Morgan fingerprint density at radius 2 is 2.25 bits per heavy atom. The summed E-state index contributed by atoms with van der Waals surface area (Å²) in [5.41, 5.74) is 6.46. The third-order valence-corrected chi connectivity index (χ3v) is 2.06. The second kappa shape index (κ2) is 3.78. The van der Waals surface area contributed by atoms with Gasteiger partial charge in [0.25, 0.3) is 0 Å². The Labute approximate surface area is 77.0 Å². The molecule has 3 N–H and O–H groups in total. The lowest BCUT2D eigenvalue weighted by Crippen LogP contribution is -2.08. The number of benzene rings is 1. The highest BCUT2D eigenvalue weighted by Crippen LogP contribution is 2.27. The predicted molar refractivity (Wildman–Crippen MR) is 50.3 cm³/mol. The van der Waals surface area contributed by atoms with Gasteiger partial charge in [-0.05, 0) is 24.6 Å². The Morgan fingerprint density at radius 1 is 1.58 bits per heavy atom. The normalized spacial score (nSPS) is 12.9. The Balaban J connectivity index is 3.04. The summed E-state index contributed by atoms with van der Waals surface area (Å²) in [6.45, 7) is 1.96. The van der Waals surface area contributed by atoms with E-state index in [4.69, 9.17) is 17.3 Å². The van der Waals surface area contributed by atoms with Crippen molar-refractivity contribution in [3.63, 3.8) is 0 Å². The molecule has 3 heteroatoms. The molecule has 12 heavy (non-hydrogen) atoms. The van der Waals surface area contributed by atoms with Crippen LogP contribution in [0.4, 0.5) is 0 Å². The third kappa shape index (κ3) is 1.90. The van der Waals surface area contributed by atoms with Gasteiger partial charge < -0.3 is 10.8 Å². The third-order valence-electron chi connectivity index (χ3n) is 1.83. The number of hydrogen-bond donors (Lipinski definition) is 2. The maximum Gasteiger partial charge on any atom is 0.120 e. The SMILES string of the molecule is CCC(N)c1cc(Cl)ccc1O. The van der Waals surface area contributed by atoms with Gasteiger partial charge in [-0.25, -0.2) is 0 Å². The van der Waals surface area contributed by atoms with Crippen LogP contribution in [0.2, 0.25) is 5.02 Å². The fourth-order valence-corrected chi connectivity index (χ4v) is 1.22. The topological polar surface area (TPSA) is 46.2 Å². The van der Waals surface area contributed by atoms with Crippen LogP contribution in [-0.4, -0.2) is 5.11 Å². The lowest BCUT2D eigenvalue weighted by Gasteiger charge is -2.10. The van der Waals surface area contributed by atoms with Gasteiger partial charge in [0.1, 0.15) is 5.75 Å². The zero-order valence-electron chi connectivity index (χ0n) is 6.92. The Morgan fingerprint density at radius 3 is 2.83 bits per heavy atom. The smallest absolute Gasteiger partial charge is 0.120 e. The van der Waals surface area contributed by atoms with E-state index in [0.29, 0.717) is 10.6 Å². The predicted octanol–water partition coefficient (Wildman–Crippen LogP) is 2.46. The molecule has 0 fully saturated rings. The fraction of sp³-hybridized carbons (Fsp3) is 0.333. The molecule has 1 rings (SSSR count). The highest BCUT2D eigenvalue weighted by atomic mass is 35.5. The first-order chi connectivity index (χ1) is 5.65. The molecule has 0 aliphatic heterocycles. The van der Waals surface area contributed by atoms with Crippen LogP contribution < -0.4 is 5.73 Å². The zero-order chi connectivity index (χ0) is 9.14. The van der Waals surface area contributed by atoms with Crippen LogP contribution in [0.5, 0.6) is 5.75 Å². The Kier molecular flexibility index (Phi) is 2.95. The molecule has 2 nitrogen and oxygen atoms in total. The minimum Gasteiger partial charge on any atom is -0.508 e. The molecular formula is C9H12ClNO. The largest absolute Gasteiger partial charge is 0.508 e. The van der Waals surface area contributed by atoms with Crippen LogP contribution in [0.1, 0.15) is 24.9 Å². The van der Waals surface area contributed by atoms with E-state index in [2.05, 4.69) is 0 Å². The summed E-state index contributed by atoms with van der Waals surface area (Å²) in [7, 11) is 0. The molecule has 0 aliphatic carbocycles. The van der Waals surface area contributed by atoms with Gasteiger partial charge in [0, 0.05) is 16.6 Å². The average Bonchev–Trinajstić information content (AvgIpc) is 2.08. The molecule has 1 atom stereocenters. The van der Waals surface area contributed by atoms with Crippen molar-refractivity contribution in [1.29, 1.82) is 0 Å². The van der Waals surface area contributed by atoms with Crippen molar-refractivity contribution < 1.29 is 5.11 Å². The number of hydrogen-bond acceptors (Lipinski definition) is 2. The summed E-state index contributed by atoms with van der Waals surface area (Å²) in [4.78, 5) is 0. The first-order valence-electron chi connectivity index (χ1n) is 3.89. The van der Waals surface area contributed by atoms with Crippen molar-refractivity contribution in [2.45, 2.75) is 19.4 Å². The first-order valence-corrected chi connectivity index (χ1v) is 4.27. The molecule has 0 saturated heterocycles. The standard InChI is InChI=1S/C9H12ClNO/c1-2-8(11)7-5-6(10)3-4-9(7)12/h3-5,8,12H,2,11H2,1H3. The van der Waals surface area contributed by atoms with E-state index in [0.717, 1.165) is 6.42 Å². The molecule has 1 unspecified atom stereocenters. The van der Waals surface area contributed by atoms with Gasteiger partial charge in [-0.3, -0.25) is 0 Å². The van der Waals surface area contributed by atoms with Crippen molar-refractivity contribution >= 4 is 11.6 Å². The molecule has 0 aliphatic rings. The van der Waals surface area contributed by atoms with Crippen molar-refractivity contribution in [3.8, 4) is 5.75 Å². The number of halogens is 1. The number of aromatic hydroxyl groups is 1.